The zero-order chi connectivity index (χ0) is 15.8. The number of halogens is 1. The Morgan fingerprint density at radius 2 is 0.636 bits per heavy atom. The molecule has 0 bridgehead atoms. The van der Waals surface area contributed by atoms with Gasteiger partial charge in [0.05, 0.1) is 24.6 Å². The average molecular weight is 359 g/mol. The van der Waals surface area contributed by atoms with Gasteiger partial charge >= 0.3 is 0 Å². The van der Waals surface area contributed by atoms with Gasteiger partial charge in [-0.15, -0.1) is 0 Å². The third-order valence-electron chi connectivity index (χ3n) is 4.16. The molecule has 0 aromatic carbocycles. The van der Waals surface area contributed by atoms with Gasteiger partial charge in [-0.1, -0.05) is 0 Å². The highest BCUT2D eigenvalue weighted by molar-refractivity contribution is 7.75. The Kier molecular flexibility index (Phi) is 20.2. The molecule has 0 aliphatic rings. The SMILES string of the molecule is OCCCC[P+](CCCCO)(CCCCO)CCCCO.[Cl-]. The van der Waals surface area contributed by atoms with Crippen LogP contribution in [0.3, 0.4) is 0 Å². The van der Waals surface area contributed by atoms with E-state index in [-0.39, 0.29) is 38.8 Å². The van der Waals surface area contributed by atoms with Crippen molar-refractivity contribution in [1.29, 1.82) is 0 Å². The van der Waals surface area contributed by atoms with E-state index in [2.05, 4.69) is 0 Å². The lowest BCUT2D eigenvalue weighted by molar-refractivity contribution is -0.00000919. The molecule has 4 nitrogen and oxygen atoms in total. The van der Waals surface area contributed by atoms with Crippen LogP contribution in [-0.2, 0) is 0 Å². The standard InChI is InChI=1S/C16H36O4P.ClH/c17-9-1-5-13-21(14-6-2-10-18,15-7-3-11-19)16-8-4-12-20;/h17-20H,1-16H2;1H/q+1;/p-1. The fourth-order valence-electron chi connectivity index (χ4n) is 2.91. The Bertz CT molecular complexity index is 175. The van der Waals surface area contributed by atoms with Gasteiger partial charge in [0.25, 0.3) is 0 Å². The highest BCUT2D eigenvalue weighted by atomic mass is 35.5. The molecule has 0 aromatic heterocycles. The second kappa shape index (κ2) is 17.9. The van der Waals surface area contributed by atoms with Crippen LogP contribution in [0.5, 0.6) is 0 Å². The number of aliphatic hydroxyl groups is 4. The summed E-state index contributed by atoms with van der Waals surface area (Å²) in [6.45, 7) is 1.07. The van der Waals surface area contributed by atoms with E-state index in [0.717, 1.165) is 51.4 Å². The summed E-state index contributed by atoms with van der Waals surface area (Å²) in [5, 5.41) is 36.1. The van der Waals surface area contributed by atoms with Crippen molar-refractivity contribution in [2.75, 3.05) is 51.1 Å². The molecule has 0 rings (SSSR count). The smallest absolute Gasteiger partial charge is 0.0595 e. The van der Waals surface area contributed by atoms with Gasteiger partial charge in [-0.05, 0) is 51.4 Å². The molecule has 22 heavy (non-hydrogen) atoms. The Morgan fingerprint density at radius 3 is 0.818 bits per heavy atom. The second-order valence-corrected chi connectivity index (χ2v) is 10.4. The van der Waals surface area contributed by atoms with E-state index in [1.165, 1.54) is 24.6 Å². The van der Waals surface area contributed by atoms with Crippen molar-refractivity contribution in [1.82, 2.24) is 0 Å². The van der Waals surface area contributed by atoms with Crippen LogP contribution in [0.15, 0.2) is 0 Å². The minimum atomic E-state index is -1.06. The summed E-state index contributed by atoms with van der Waals surface area (Å²) in [7, 11) is -1.06. The summed E-state index contributed by atoms with van der Waals surface area (Å²) in [4.78, 5) is 0. The third-order valence-corrected chi connectivity index (χ3v) is 9.22. The molecule has 0 radical (unpaired) electrons. The Balaban J connectivity index is 0. The van der Waals surface area contributed by atoms with Crippen molar-refractivity contribution in [3.8, 4) is 0 Å². The monoisotopic (exact) mass is 358 g/mol. The first-order valence-corrected chi connectivity index (χ1v) is 11.1. The maximum Gasteiger partial charge on any atom is 0.0595 e. The molecule has 0 aromatic rings. The molecule has 0 aliphatic carbocycles. The molecule has 0 atom stereocenters. The second-order valence-electron chi connectivity index (χ2n) is 5.96. The van der Waals surface area contributed by atoms with Gasteiger partial charge in [0.15, 0.2) is 0 Å². The normalized spacial score (nSPS) is 11.5. The largest absolute Gasteiger partial charge is 1.00 e. The predicted octanol–water partition coefficient (Wildman–Crippen LogP) is -0.902. The Morgan fingerprint density at radius 1 is 0.409 bits per heavy atom. The molecule has 136 valence electrons. The lowest BCUT2D eigenvalue weighted by Crippen LogP contribution is -3.00. The first kappa shape index (κ1) is 24.8. The molecular weight excluding hydrogens is 323 g/mol. The average Bonchev–Trinajstić information content (AvgIpc) is 2.48. The van der Waals surface area contributed by atoms with Crippen molar-refractivity contribution >= 4 is 7.26 Å². The predicted molar refractivity (Wildman–Crippen MR) is 91.7 cm³/mol. The number of hydrogen-bond donors (Lipinski definition) is 4. The highest BCUT2D eigenvalue weighted by Gasteiger charge is 2.34. The molecule has 4 N–H and O–H groups in total. The van der Waals surface area contributed by atoms with Crippen LogP contribution in [0, 0.1) is 0 Å². The van der Waals surface area contributed by atoms with E-state index in [1.54, 1.807) is 0 Å². The maximum atomic E-state index is 9.02. The summed E-state index contributed by atoms with van der Waals surface area (Å²) in [5.41, 5.74) is 0. The molecule has 0 fully saturated rings. The summed E-state index contributed by atoms with van der Waals surface area (Å²) in [5.74, 6) is 0. The lowest BCUT2D eigenvalue weighted by Gasteiger charge is -2.28. The van der Waals surface area contributed by atoms with Crippen LogP contribution < -0.4 is 12.4 Å². The highest BCUT2D eigenvalue weighted by Crippen LogP contribution is 2.61. The molecule has 0 unspecified atom stereocenters. The molecule has 0 saturated heterocycles. The van der Waals surface area contributed by atoms with Crippen LogP contribution in [0.25, 0.3) is 0 Å². The van der Waals surface area contributed by atoms with Crippen molar-refractivity contribution in [3.05, 3.63) is 0 Å². The Hall–Kier alpha value is 0.560. The number of rotatable bonds is 16. The fraction of sp³-hybridized carbons (Fsp3) is 1.00. The number of aliphatic hydroxyl groups excluding tert-OH is 4. The number of hydrogen-bond acceptors (Lipinski definition) is 4. The van der Waals surface area contributed by atoms with Crippen molar-refractivity contribution in [2.24, 2.45) is 0 Å². The van der Waals surface area contributed by atoms with E-state index in [9.17, 15) is 0 Å². The summed E-state index contributed by atoms with van der Waals surface area (Å²) in [6, 6.07) is 0. The van der Waals surface area contributed by atoms with Gasteiger partial charge in [0.1, 0.15) is 0 Å². The maximum absolute atomic E-state index is 9.02. The van der Waals surface area contributed by atoms with E-state index >= 15 is 0 Å². The molecular formula is C16H36ClO4P. The quantitative estimate of drug-likeness (QED) is 0.213. The molecule has 0 aliphatic heterocycles. The molecule has 0 amide bonds. The fourth-order valence-corrected chi connectivity index (χ4v) is 7.83. The summed E-state index contributed by atoms with van der Waals surface area (Å²) < 4.78 is 0. The van der Waals surface area contributed by atoms with Gasteiger partial charge < -0.3 is 32.8 Å². The van der Waals surface area contributed by atoms with E-state index < -0.39 is 7.26 Å². The van der Waals surface area contributed by atoms with Crippen LogP contribution in [-0.4, -0.2) is 71.5 Å². The van der Waals surface area contributed by atoms with Crippen molar-refractivity contribution in [2.45, 2.75) is 51.4 Å². The first-order chi connectivity index (χ1) is 10.2. The van der Waals surface area contributed by atoms with Gasteiger partial charge in [-0.2, -0.15) is 0 Å². The Labute approximate surface area is 143 Å². The van der Waals surface area contributed by atoms with E-state index in [1.807, 2.05) is 0 Å². The van der Waals surface area contributed by atoms with Crippen molar-refractivity contribution in [3.63, 3.8) is 0 Å². The van der Waals surface area contributed by atoms with Crippen LogP contribution in [0.4, 0.5) is 0 Å². The molecule has 6 heteroatoms. The minimum absolute atomic E-state index is 0. The van der Waals surface area contributed by atoms with E-state index in [0.29, 0.717) is 0 Å². The molecule has 0 heterocycles. The third kappa shape index (κ3) is 13.0. The molecule has 0 saturated carbocycles. The van der Waals surface area contributed by atoms with Crippen molar-refractivity contribution < 1.29 is 32.8 Å². The summed E-state index contributed by atoms with van der Waals surface area (Å²) >= 11 is 0. The lowest BCUT2D eigenvalue weighted by atomic mass is 10.3. The van der Waals surface area contributed by atoms with Crippen LogP contribution in [0.2, 0.25) is 0 Å². The number of unbranched alkanes of at least 4 members (excludes halogenated alkanes) is 4. The van der Waals surface area contributed by atoms with Gasteiger partial charge in [0.2, 0.25) is 0 Å². The van der Waals surface area contributed by atoms with Gasteiger partial charge in [-0.3, -0.25) is 0 Å². The van der Waals surface area contributed by atoms with Crippen LogP contribution in [0.1, 0.15) is 51.4 Å². The summed E-state index contributed by atoms with van der Waals surface area (Å²) in [6.07, 6.45) is 12.7. The zero-order valence-corrected chi connectivity index (χ0v) is 15.6. The van der Waals surface area contributed by atoms with Crippen LogP contribution >= 0.6 is 7.26 Å². The first-order valence-electron chi connectivity index (χ1n) is 8.53. The van der Waals surface area contributed by atoms with Gasteiger partial charge in [0, 0.05) is 33.7 Å². The minimum Gasteiger partial charge on any atom is -1.00 e. The van der Waals surface area contributed by atoms with E-state index in [4.69, 9.17) is 20.4 Å². The molecule has 0 spiro atoms. The topological polar surface area (TPSA) is 80.9 Å². The van der Waals surface area contributed by atoms with Gasteiger partial charge in [-0.25, -0.2) is 0 Å². The zero-order valence-electron chi connectivity index (χ0n) is 13.9.